The number of hydrogen-bond donors (Lipinski definition) is 2. The van der Waals surface area contributed by atoms with Crippen molar-refractivity contribution in [2.24, 2.45) is 5.92 Å². The molecular formula is C19H26N4O3. The van der Waals surface area contributed by atoms with E-state index < -0.39 is 0 Å². The highest BCUT2D eigenvalue weighted by Crippen LogP contribution is 2.43. The van der Waals surface area contributed by atoms with Crippen molar-refractivity contribution in [3.63, 3.8) is 0 Å². The maximum Gasteiger partial charge on any atom is 0.322 e. The number of anilines is 2. The molecule has 0 aromatic heterocycles. The topological polar surface area (TPSA) is 73.9 Å². The van der Waals surface area contributed by atoms with Crippen molar-refractivity contribution in [1.82, 2.24) is 10.2 Å². The lowest BCUT2D eigenvalue weighted by Crippen LogP contribution is -2.54. The number of rotatable bonds is 3. The number of morpholine rings is 1. The minimum atomic E-state index is -0.222. The van der Waals surface area contributed by atoms with Crippen LogP contribution in [0.4, 0.5) is 21.0 Å². The zero-order chi connectivity index (χ0) is 18.3. The molecule has 1 aliphatic carbocycles. The van der Waals surface area contributed by atoms with Crippen LogP contribution < -0.4 is 15.5 Å². The SMILES string of the molecule is Cc1ccc(N2CCNC2=O)cc1NC(=O)N1CCOC(C)(C2CC2)C1. The zero-order valence-electron chi connectivity index (χ0n) is 15.4. The third-order valence-electron chi connectivity index (χ3n) is 5.66. The summed E-state index contributed by atoms with van der Waals surface area (Å²) in [6, 6.07) is 5.52. The summed E-state index contributed by atoms with van der Waals surface area (Å²) in [5.74, 6) is 0.567. The van der Waals surface area contributed by atoms with Gasteiger partial charge in [0.1, 0.15) is 0 Å². The molecule has 1 unspecified atom stereocenters. The number of hydrogen-bond acceptors (Lipinski definition) is 3. The summed E-state index contributed by atoms with van der Waals surface area (Å²) in [6.45, 7) is 7.14. The highest BCUT2D eigenvalue weighted by atomic mass is 16.5. The fourth-order valence-corrected chi connectivity index (χ4v) is 3.83. The van der Waals surface area contributed by atoms with Crippen LogP contribution in [-0.4, -0.2) is 55.3 Å². The molecule has 140 valence electrons. The number of amides is 4. The van der Waals surface area contributed by atoms with Gasteiger partial charge in [0, 0.05) is 31.0 Å². The Bertz CT molecular complexity index is 733. The first kappa shape index (κ1) is 17.1. The van der Waals surface area contributed by atoms with Crippen LogP contribution in [0.15, 0.2) is 18.2 Å². The van der Waals surface area contributed by atoms with Gasteiger partial charge in [0.2, 0.25) is 0 Å². The van der Waals surface area contributed by atoms with E-state index >= 15 is 0 Å². The van der Waals surface area contributed by atoms with Gasteiger partial charge in [-0.15, -0.1) is 0 Å². The summed E-state index contributed by atoms with van der Waals surface area (Å²) in [6.07, 6.45) is 2.37. The van der Waals surface area contributed by atoms with Gasteiger partial charge in [0.15, 0.2) is 0 Å². The summed E-state index contributed by atoms with van der Waals surface area (Å²) in [5, 5.41) is 5.83. The Morgan fingerprint density at radius 2 is 2.15 bits per heavy atom. The fraction of sp³-hybridized carbons (Fsp3) is 0.579. The van der Waals surface area contributed by atoms with Crippen LogP contribution in [0.3, 0.4) is 0 Å². The predicted molar refractivity (Wildman–Crippen MR) is 99.6 cm³/mol. The van der Waals surface area contributed by atoms with Gasteiger partial charge in [0.25, 0.3) is 0 Å². The van der Waals surface area contributed by atoms with E-state index in [9.17, 15) is 9.59 Å². The second-order valence-corrected chi connectivity index (χ2v) is 7.67. The average Bonchev–Trinajstić information content (AvgIpc) is 3.40. The molecule has 1 saturated carbocycles. The number of ether oxygens (including phenoxy) is 1. The summed E-state index contributed by atoms with van der Waals surface area (Å²) < 4.78 is 5.97. The Kier molecular flexibility index (Phi) is 4.26. The highest BCUT2D eigenvalue weighted by Gasteiger charge is 2.46. The highest BCUT2D eigenvalue weighted by molar-refractivity contribution is 5.96. The zero-order valence-corrected chi connectivity index (χ0v) is 15.4. The molecule has 4 rings (SSSR count). The van der Waals surface area contributed by atoms with E-state index in [1.807, 2.05) is 30.0 Å². The van der Waals surface area contributed by atoms with Crippen LogP contribution in [0.1, 0.15) is 25.3 Å². The quantitative estimate of drug-likeness (QED) is 0.872. The molecule has 0 spiro atoms. The predicted octanol–water partition coefficient (Wildman–Crippen LogP) is 2.56. The van der Waals surface area contributed by atoms with Crippen molar-refractivity contribution in [2.45, 2.75) is 32.3 Å². The number of benzene rings is 1. The molecule has 2 saturated heterocycles. The third-order valence-corrected chi connectivity index (χ3v) is 5.66. The van der Waals surface area contributed by atoms with Gasteiger partial charge in [0.05, 0.1) is 18.8 Å². The van der Waals surface area contributed by atoms with Crippen LogP contribution in [0.2, 0.25) is 0 Å². The lowest BCUT2D eigenvalue weighted by molar-refractivity contribution is -0.0977. The van der Waals surface area contributed by atoms with Crippen molar-refractivity contribution >= 4 is 23.4 Å². The van der Waals surface area contributed by atoms with Crippen LogP contribution >= 0.6 is 0 Å². The maximum atomic E-state index is 12.8. The summed E-state index contributed by atoms with van der Waals surface area (Å²) in [7, 11) is 0. The number of nitrogens with zero attached hydrogens (tertiary/aromatic N) is 2. The smallest absolute Gasteiger partial charge is 0.322 e. The lowest BCUT2D eigenvalue weighted by atomic mass is 9.98. The Hall–Kier alpha value is -2.28. The minimum Gasteiger partial charge on any atom is -0.371 e. The van der Waals surface area contributed by atoms with Gasteiger partial charge < -0.3 is 20.3 Å². The fourth-order valence-electron chi connectivity index (χ4n) is 3.83. The van der Waals surface area contributed by atoms with Crippen molar-refractivity contribution in [1.29, 1.82) is 0 Å². The first-order valence-corrected chi connectivity index (χ1v) is 9.32. The van der Waals surface area contributed by atoms with E-state index in [0.717, 1.165) is 16.9 Å². The molecule has 0 radical (unpaired) electrons. The van der Waals surface area contributed by atoms with Gasteiger partial charge in [-0.3, -0.25) is 4.90 Å². The normalized spacial score (nSPS) is 26.0. The molecule has 4 amide bonds. The largest absolute Gasteiger partial charge is 0.371 e. The van der Waals surface area contributed by atoms with Crippen molar-refractivity contribution in [2.75, 3.05) is 43.0 Å². The molecular weight excluding hydrogens is 332 g/mol. The number of urea groups is 2. The summed E-state index contributed by atoms with van der Waals surface area (Å²) >= 11 is 0. The third kappa shape index (κ3) is 3.23. The molecule has 0 bridgehead atoms. The molecule has 3 fully saturated rings. The monoisotopic (exact) mass is 358 g/mol. The second kappa shape index (κ2) is 6.46. The molecule has 2 aliphatic heterocycles. The van der Waals surface area contributed by atoms with Gasteiger partial charge in [-0.1, -0.05) is 6.07 Å². The summed E-state index contributed by atoms with van der Waals surface area (Å²) in [4.78, 5) is 28.2. The van der Waals surface area contributed by atoms with Gasteiger partial charge in [-0.05, 0) is 50.3 Å². The summed E-state index contributed by atoms with van der Waals surface area (Å²) in [5.41, 5.74) is 2.29. The average molecular weight is 358 g/mol. The van der Waals surface area contributed by atoms with Gasteiger partial charge in [-0.25, -0.2) is 9.59 Å². The minimum absolute atomic E-state index is 0.0977. The molecule has 7 heteroatoms. The molecule has 1 aromatic rings. The molecule has 1 atom stereocenters. The number of aryl methyl sites for hydroxylation is 1. The Labute approximate surface area is 153 Å². The van der Waals surface area contributed by atoms with Crippen molar-refractivity contribution in [3.8, 4) is 0 Å². The van der Waals surface area contributed by atoms with Crippen LogP contribution in [-0.2, 0) is 4.74 Å². The first-order chi connectivity index (χ1) is 12.5. The van der Waals surface area contributed by atoms with E-state index in [0.29, 0.717) is 38.7 Å². The van der Waals surface area contributed by atoms with E-state index in [4.69, 9.17) is 4.74 Å². The Morgan fingerprint density at radius 3 is 2.85 bits per heavy atom. The molecule has 3 aliphatic rings. The standard InChI is InChI=1S/C19H26N4O3/c1-13-3-6-15(23-8-7-20-17(23)24)11-16(13)21-18(25)22-9-10-26-19(2,12-22)14-4-5-14/h3,6,11,14H,4-5,7-10,12H2,1-2H3,(H,20,24)(H,21,25). The number of carbonyl (C=O) groups excluding carboxylic acids is 2. The molecule has 7 nitrogen and oxygen atoms in total. The van der Waals surface area contributed by atoms with Crippen molar-refractivity contribution in [3.05, 3.63) is 23.8 Å². The van der Waals surface area contributed by atoms with E-state index in [1.165, 1.54) is 12.8 Å². The van der Waals surface area contributed by atoms with E-state index in [1.54, 1.807) is 4.90 Å². The molecule has 1 aromatic carbocycles. The lowest BCUT2D eigenvalue weighted by Gasteiger charge is -2.40. The van der Waals surface area contributed by atoms with Crippen LogP contribution in [0.25, 0.3) is 0 Å². The molecule has 26 heavy (non-hydrogen) atoms. The molecule has 2 N–H and O–H groups in total. The van der Waals surface area contributed by atoms with Crippen molar-refractivity contribution < 1.29 is 14.3 Å². The van der Waals surface area contributed by atoms with Gasteiger partial charge >= 0.3 is 12.1 Å². The maximum absolute atomic E-state index is 12.8. The Morgan fingerprint density at radius 1 is 1.35 bits per heavy atom. The second-order valence-electron chi connectivity index (χ2n) is 7.67. The first-order valence-electron chi connectivity index (χ1n) is 9.32. The number of carbonyl (C=O) groups is 2. The number of nitrogens with one attached hydrogen (secondary N) is 2. The van der Waals surface area contributed by atoms with Gasteiger partial charge in [-0.2, -0.15) is 0 Å². The van der Waals surface area contributed by atoms with Crippen LogP contribution in [0, 0.1) is 12.8 Å². The molecule has 2 heterocycles. The van der Waals surface area contributed by atoms with E-state index in [2.05, 4.69) is 17.6 Å². The van der Waals surface area contributed by atoms with Crippen LogP contribution in [0.5, 0.6) is 0 Å². The van der Waals surface area contributed by atoms with E-state index in [-0.39, 0.29) is 17.7 Å². The Balaban J connectivity index is 1.47.